The summed E-state index contributed by atoms with van der Waals surface area (Å²) < 4.78 is 0. The van der Waals surface area contributed by atoms with E-state index in [2.05, 4.69) is 169 Å². The Bertz CT molecular complexity index is 1330. The van der Waals surface area contributed by atoms with Crippen molar-refractivity contribution in [3.8, 4) is 0 Å². The Morgan fingerprint density at radius 1 is 0.371 bits per heavy atom. The van der Waals surface area contributed by atoms with E-state index in [1.165, 1.54) is 22.3 Å². The summed E-state index contributed by atoms with van der Waals surface area (Å²) in [5, 5.41) is 0. The Kier molecular flexibility index (Phi) is 5.31. The number of para-hydroxylation sites is 1. The highest BCUT2D eigenvalue weighted by molar-refractivity contribution is 5.71. The van der Waals surface area contributed by atoms with Crippen LogP contribution in [-0.2, 0) is 11.0 Å². The van der Waals surface area contributed by atoms with Crippen molar-refractivity contribution in [1.82, 2.24) is 0 Å². The van der Waals surface area contributed by atoms with E-state index >= 15 is 0 Å². The van der Waals surface area contributed by atoms with E-state index in [1.54, 1.807) is 0 Å². The lowest BCUT2D eigenvalue weighted by Gasteiger charge is -2.52. The minimum Gasteiger partial charge on any atom is -0.332 e. The zero-order chi connectivity index (χ0) is 23.6. The van der Waals surface area contributed by atoms with Crippen LogP contribution in [0.25, 0.3) is 0 Å². The molecule has 0 amide bonds. The smallest absolute Gasteiger partial charge is 0.112 e. The summed E-state index contributed by atoms with van der Waals surface area (Å²) >= 11 is 0. The molecule has 0 aliphatic carbocycles. The topological polar surface area (TPSA) is 3.24 Å². The predicted octanol–water partition coefficient (Wildman–Crippen LogP) is 7.95. The van der Waals surface area contributed by atoms with Crippen LogP contribution in [0.2, 0.25) is 0 Å². The molecule has 0 fully saturated rings. The standard InChI is InChI=1S/C34H27N/c1-6-16-28(17-7-1)33(29-18-8-2-9-19-29)26-27-35(32-24-14-5-15-25-32)34(33,30-20-10-3-11-21-30)31-22-12-4-13-23-31/h1-27H. The molecule has 1 aliphatic heterocycles. The van der Waals surface area contributed by atoms with Gasteiger partial charge in [-0.1, -0.05) is 146 Å². The fourth-order valence-electron chi connectivity index (χ4n) is 5.91. The Balaban J connectivity index is 1.81. The average molecular weight is 450 g/mol. The molecule has 168 valence electrons. The zero-order valence-corrected chi connectivity index (χ0v) is 19.5. The number of benzene rings is 5. The van der Waals surface area contributed by atoms with Crippen molar-refractivity contribution >= 4 is 5.69 Å². The maximum atomic E-state index is 2.47. The highest BCUT2D eigenvalue weighted by Crippen LogP contribution is 2.59. The molecule has 35 heavy (non-hydrogen) atoms. The average Bonchev–Trinajstić information content (AvgIpc) is 3.33. The maximum absolute atomic E-state index is 2.47. The van der Waals surface area contributed by atoms with Crippen molar-refractivity contribution in [3.63, 3.8) is 0 Å². The van der Waals surface area contributed by atoms with Crippen molar-refractivity contribution < 1.29 is 0 Å². The van der Waals surface area contributed by atoms with Gasteiger partial charge in [-0.15, -0.1) is 0 Å². The zero-order valence-electron chi connectivity index (χ0n) is 19.5. The lowest BCUT2D eigenvalue weighted by Crippen LogP contribution is -2.55. The molecule has 0 saturated carbocycles. The molecule has 0 spiro atoms. The fourth-order valence-corrected chi connectivity index (χ4v) is 5.91. The summed E-state index contributed by atoms with van der Waals surface area (Å²) in [5.41, 5.74) is 5.13. The van der Waals surface area contributed by atoms with Gasteiger partial charge in [0, 0.05) is 11.9 Å². The Morgan fingerprint density at radius 3 is 1.11 bits per heavy atom. The van der Waals surface area contributed by atoms with E-state index in [0.717, 1.165) is 5.69 Å². The van der Waals surface area contributed by atoms with Gasteiger partial charge in [0.15, 0.2) is 0 Å². The molecule has 5 aromatic rings. The van der Waals surface area contributed by atoms with Crippen molar-refractivity contribution in [1.29, 1.82) is 0 Å². The molecule has 6 rings (SSSR count). The largest absolute Gasteiger partial charge is 0.332 e. The lowest BCUT2D eigenvalue weighted by molar-refractivity contribution is 0.397. The van der Waals surface area contributed by atoms with Gasteiger partial charge in [0.1, 0.15) is 5.54 Å². The second-order valence-electron chi connectivity index (χ2n) is 9.00. The van der Waals surface area contributed by atoms with Gasteiger partial charge < -0.3 is 4.90 Å². The van der Waals surface area contributed by atoms with Gasteiger partial charge in [-0.2, -0.15) is 0 Å². The summed E-state index contributed by atoms with van der Waals surface area (Å²) in [6, 6.07) is 54.5. The molecule has 5 aromatic carbocycles. The SMILES string of the molecule is C1=CC(c2ccccc2)(c2ccccc2)C(c2ccccc2)(c2ccccc2)N1c1ccccc1. The van der Waals surface area contributed by atoms with E-state index in [9.17, 15) is 0 Å². The predicted molar refractivity (Wildman–Crippen MR) is 145 cm³/mol. The molecule has 1 aliphatic rings. The number of hydrogen-bond donors (Lipinski definition) is 0. The summed E-state index contributed by atoms with van der Waals surface area (Å²) in [5.74, 6) is 0. The monoisotopic (exact) mass is 449 g/mol. The van der Waals surface area contributed by atoms with Gasteiger partial charge in [0.2, 0.25) is 0 Å². The minimum atomic E-state index is -0.556. The molecule has 1 heteroatoms. The van der Waals surface area contributed by atoms with E-state index in [1.807, 2.05) is 0 Å². The second-order valence-corrected chi connectivity index (χ2v) is 9.00. The van der Waals surface area contributed by atoms with Crippen LogP contribution in [0.15, 0.2) is 164 Å². The van der Waals surface area contributed by atoms with E-state index in [-0.39, 0.29) is 0 Å². The Morgan fingerprint density at radius 2 is 0.714 bits per heavy atom. The third-order valence-corrected chi connectivity index (χ3v) is 7.28. The third kappa shape index (κ3) is 3.16. The highest BCUT2D eigenvalue weighted by atomic mass is 15.2. The lowest BCUT2D eigenvalue weighted by atomic mass is 9.57. The third-order valence-electron chi connectivity index (χ3n) is 7.28. The van der Waals surface area contributed by atoms with Crippen LogP contribution in [-0.4, -0.2) is 0 Å². The van der Waals surface area contributed by atoms with Crippen LogP contribution in [0.4, 0.5) is 5.69 Å². The molecule has 1 nitrogen and oxygen atoms in total. The van der Waals surface area contributed by atoms with Gasteiger partial charge in [0.25, 0.3) is 0 Å². The molecule has 0 bridgehead atoms. The molecule has 1 heterocycles. The first-order chi connectivity index (χ1) is 17.4. The molecule has 0 aromatic heterocycles. The van der Waals surface area contributed by atoms with Crippen LogP contribution < -0.4 is 4.90 Å². The quantitative estimate of drug-likeness (QED) is 0.263. The molecular formula is C34H27N. The summed E-state index contributed by atoms with van der Waals surface area (Å²) in [4.78, 5) is 2.47. The number of hydrogen-bond acceptors (Lipinski definition) is 1. The van der Waals surface area contributed by atoms with Gasteiger partial charge in [0.05, 0.1) is 5.41 Å². The van der Waals surface area contributed by atoms with E-state index in [0.29, 0.717) is 0 Å². The van der Waals surface area contributed by atoms with Crippen LogP contribution in [0.1, 0.15) is 22.3 Å². The fraction of sp³-hybridized carbons (Fsp3) is 0.0588. The molecule has 0 radical (unpaired) electrons. The van der Waals surface area contributed by atoms with Gasteiger partial charge in [-0.25, -0.2) is 0 Å². The minimum absolute atomic E-state index is 0.478. The number of rotatable bonds is 5. The van der Waals surface area contributed by atoms with E-state index < -0.39 is 11.0 Å². The maximum Gasteiger partial charge on any atom is 0.112 e. The summed E-state index contributed by atoms with van der Waals surface area (Å²) in [6.07, 6.45) is 4.69. The van der Waals surface area contributed by atoms with Crippen LogP contribution >= 0.6 is 0 Å². The second kappa shape index (κ2) is 8.77. The molecule has 0 saturated heterocycles. The number of anilines is 1. The van der Waals surface area contributed by atoms with Crippen LogP contribution in [0.3, 0.4) is 0 Å². The van der Waals surface area contributed by atoms with Crippen molar-refractivity contribution in [2.45, 2.75) is 11.0 Å². The van der Waals surface area contributed by atoms with Crippen LogP contribution in [0.5, 0.6) is 0 Å². The number of nitrogens with zero attached hydrogens (tertiary/aromatic N) is 1. The molecule has 0 unspecified atom stereocenters. The first-order valence-electron chi connectivity index (χ1n) is 12.1. The molecule has 0 N–H and O–H groups in total. The summed E-state index contributed by atoms with van der Waals surface area (Å²) in [6.45, 7) is 0. The molecular weight excluding hydrogens is 422 g/mol. The first-order valence-corrected chi connectivity index (χ1v) is 12.1. The first kappa shape index (κ1) is 21.2. The van der Waals surface area contributed by atoms with Gasteiger partial charge in [-0.05, 0) is 34.4 Å². The highest BCUT2D eigenvalue weighted by Gasteiger charge is 2.60. The Hall–Kier alpha value is -4.36. The van der Waals surface area contributed by atoms with Crippen molar-refractivity contribution in [3.05, 3.63) is 186 Å². The van der Waals surface area contributed by atoms with Crippen LogP contribution in [0, 0.1) is 0 Å². The molecule has 0 atom stereocenters. The Labute approximate surface area is 207 Å². The van der Waals surface area contributed by atoms with Gasteiger partial charge >= 0.3 is 0 Å². The van der Waals surface area contributed by atoms with E-state index in [4.69, 9.17) is 0 Å². The van der Waals surface area contributed by atoms with Gasteiger partial charge in [-0.3, -0.25) is 0 Å². The normalized spacial score (nSPS) is 15.7. The van der Waals surface area contributed by atoms with Crippen molar-refractivity contribution in [2.24, 2.45) is 0 Å². The summed E-state index contributed by atoms with van der Waals surface area (Å²) in [7, 11) is 0. The van der Waals surface area contributed by atoms with Crippen molar-refractivity contribution in [2.75, 3.05) is 4.90 Å².